The van der Waals surface area contributed by atoms with E-state index in [1.54, 1.807) is 11.8 Å². The first-order valence-corrected chi connectivity index (χ1v) is 7.12. The van der Waals surface area contributed by atoms with Gasteiger partial charge in [-0.3, -0.25) is 4.79 Å². The highest BCUT2D eigenvalue weighted by Crippen LogP contribution is 2.34. The molecule has 2 N–H and O–H groups in total. The van der Waals surface area contributed by atoms with Crippen molar-refractivity contribution in [3.8, 4) is 0 Å². The Hall–Kier alpha value is -1.00. The molecule has 1 fully saturated rings. The van der Waals surface area contributed by atoms with E-state index in [9.17, 15) is 4.79 Å². The van der Waals surface area contributed by atoms with Crippen molar-refractivity contribution in [1.82, 2.24) is 5.32 Å². The van der Waals surface area contributed by atoms with E-state index < -0.39 is 5.97 Å². The standard InChI is InChI=1S/C14H19NO2S/c1-9-3-5-11(6-4-9)18-13-8-15-10(2)12(13)7-14(16)17/h3-6,10,12-13,15H,7-8H2,1-2H3,(H,16,17)/t10-,12?,13+/m1/s1. The van der Waals surface area contributed by atoms with E-state index in [1.807, 2.05) is 0 Å². The van der Waals surface area contributed by atoms with Crippen molar-refractivity contribution in [2.45, 2.75) is 36.5 Å². The SMILES string of the molecule is Cc1ccc(S[C@H]2CN[C@H](C)C2CC(=O)O)cc1. The number of thioether (sulfide) groups is 1. The summed E-state index contributed by atoms with van der Waals surface area (Å²) in [4.78, 5) is 12.1. The summed E-state index contributed by atoms with van der Waals surface area (Å²) in [6, 6.07) is 8.70. The predicted octanol–water partition coefficient (Wildman–Crippen LogP) is 2.54. The Morgan fingerprint density at radius 3 is 2.72 bits per heavy atom. The van der Waals surface area contributed by atoms with Crippen LogP contribution in [0.15, 0.2) is 29.2 Å². The highest BCUT2D eigenvalue weighted by Gasteiger charge is 2.35. The van der Waals surface area contributed by atoms with Gasteiger partial charge in [-0.1, -0.05) is 17.7 Å². The molecule has 1 aromatic carbocycles. The molecule has 4 heteroatoms. The van der Waals surface area contributed by atoms with Crippen LogP contribution in [0, 0.1) is 12.8 Å². The minimum atomic E-state index is -0.704. The number of carboxylic acids is 1. The molecule has 18 heavy (non-hydrogen) atoms. The van der Waals surface area contributed by atoms with Gasteiger partial charge in [-0.25, -0.2) is 0 Å². The van der Waals surface area contributed by atoms with Crippen molar-refractivity contribution in [2.75, 3.05) is 6.54 Å². The lowest BCUT2D eigenvalue weighted by Crippen LogP contribution is -2.26. The maximum absolute atomic E-state index is 10.9. The minimum Gasteiger partial charge on any atom is -0.481 e. The average Bonchev–Trinajstić information content (AvgIpc) is 2.64. The van der Waals surface area contributed by atoms with Crippen molar-refractivity contribution in [3.05, 3.63) is 29.8 Å². The lowest BCUT2D eigenvalue weighted by atomic mass is 9.98. The highest BCUT2D eigenvalue weighted by atomic mass is 32.2. The van der Waals surface area contributed by atoms with Crippen LogP contribution in [0.2, 0.25) is 0 Å². The largest absolute Gasteiger partial charge is 0.481 e. The van der Waals surface area contributed by atoms with Crippen LogP contribution >= 0.6 is 11.8 Å². The fourth-order valence-corrected chi connectivity index (χ4v) is 3.69. The number of rotatable bonds is 4. The van der Waals surface area contributed by atoms with Crippen LogP contribution in [-0.2, 0) is 4.79 Å². The summed E-state index contributed by atoms with van der Waals surface area (Å²) < 4.78 is 0. The van der Waals surface area contributed by atoms with Crippen LogP contribution in [0.4, 0.5) is 0 Å². The van der Waals surface area contributed by atoms with E-state index >= 15 is 0 Å². The van der Waals surface area contributed by atoms with Gasteiger partial charge >= 0.3 is 5.97 Å². The molecule has 0 radical (unpaired) electrons. The predicted molar refractivity (Wildman–Crippen MR) is 74.0 cm³/mol. The van der Waals surface area contributed by atoms with E-state index in [0.29, 0.717) is 5.25 Å². The van der Waals surface area contributed by atoms with Crippen LogP contribution in [0.3, 0.4) is 0 Å². The first kappa shape index (κ1) is 13.4. The molecule has 1 unspecified atom stereocenters. The summed E-state index contributed by atoms with van der Waals surface area (Å²) in [5.74, 6) is -0.501. The van der Waals surface area contributed by atoms with E-state index in [1.165, 1.54) is 10.5 Å². The van der Waals surface area contributed by atoms with Gasteiger partial charge in [-0.15, -0.1) is 11.8 Å². The normalized spacial score (nSPS) is 27.3. The van der Waals surface area contributed by atoms with E-state index in [0.717, 1.165) is 6.54 Å². The van der Waals surface area contributed by atoms with E-state index in [4.69, 9.17) is 5.11 Å². The van der Waals surface area contributed by atoms with Crippen molar-refractivity contribution >= 4 is 17.7 Å². The third kappa shape index (κ3) is 3.27. The second kappa shape index (κ2) is 5.76. The lowest BCUT2D eigenvalue weighted by molar-refractivity contribution is -0.138. The molecule has 0 spiro atoms. The second-order valence-corrected chi connectivity index (χ2v) is 6.24. The molecule has 1 aliphatic rings. The zero-order chi connectivity index (χ0) is 13.1. The van der Waals surface area contributed by atoms with Gasteiger partial charge in [0.2, 0.25) is 0 Å². The van der Waals surface area contributed by atoms with Gasteiger partial charge in [-0.2, -0.15) is 0 Å². The van der Waals surface area contributed by atoms with Gasteiger partial charge in [0.05, 0.1) is 6.42 Å². The maximum Gasteiger partial charge on any atom is 0.303 e. The van der Waals surface area contributed by atoms with E-state index in [2.05, 4.69) is 43.4 Å². The van der Waals surface area contributed by atoms with E-state index in [-0.39, 0.29) is 18.4 Å². The molecular weight excluding hydrogens is 246 g/mol. The van der Waals surface area contributed by atoms with Crippen molar-refractivity contribution in [1.29, 1.82) is 0 Å². The molecule has 1 aromatic rings. The Kier molecular flexibility index (Phi) is 4.30. The fraction of sp³-hybridized carbons (Fsp3) is 0.500. The molecule has 1 aliphatic heterocycles. The topological polar surface area (TPSA) is 49.3 Å². The van der Waals surface area contributed by atoms with Crippen LogP contribution in [-0.4, -0.2) is 28.9 Å². The Morgan fingerprint density at radius 2 is 2.11 bits per heavy atom. The molecule has 3 atom stereocenters. The van der Waals surface area contributed by atoms with Crippen LogP contribution < -0.4 is 5.32 Å². The number of hydrogen-bond donors (Lipinski definition) is 2. The van der Waals surface area contributed by atoms with Gasteiger partial charge in [0.1, 0.15) is 0 Å². The number of nitrogens with one attached hydrogen (secondary N) is 1. The molecule has 3 nitrogen and oxygen atoms in total. The van der Waals surface area contributed by atoms with Crippen LogP contribution in [0.5, 0.6) is 0 Å². The molecule has 0 bridgehead atoms. The molecule has 1 saturated heterocycles. The van der Waals surface area contributed by atoms with Gasteiger partial charge in [0.15, 0.2) is 0 Å². The number of benzene rings is 1. The van der Waals surface area contributed by atoms with Crippen molar-refractivity contribution in [2.24, 2.45) is 5.92 Å². The Morgan fingerprint density at radius 1 is 1.44 bits per heavy atom. The van der Waals surface area contributed by atoms with Crippen LogP contribution in [0.25, 0.3) is 0 Å². The molecular formula is C14H19NO2S. The van der Waals surface area contributed by atoms with Gasteiger partial charge < -0.3 is 10.4 Å². The number of aryl methyl sites for hydroxylation is 1. The maximum atomic E-state index is 10.9. The molecule has 2 rings (SSSR count). The zero-order valence-corrected chi connectivity index (χ0v) is 11.5. The van der Waals surface area contributed by atoms with Gasteiger partial charge in [0.25, 0.3) is 0 Å². The summed E-state index contributed by atoms with van der Waals surface area (Å²) >= 11 is 1.79. The summed E-state index contributed by atoms with van der Waals surface area (Å²) in [6.07, 6.45) is 0.248. The molecule has 0 aromatic heterocycles. The van der Waals surface area contributed by atoms with Crippen molar-refractivity contribution in [3.63, 3.8) is 0 Å². The average molecular weight is 265 g/mol. The number of carboxylic acid groups (broad SMARTS) is 1. The smallest absolute Gasteiger partial charge is 0.303 e. The molecule has 0 saturated carbocycles. The molecule has 0 amide bonds. The summed E-state index contributed by atoms with van der Waals surface area (Å²) in [7, 11) is 0. The summed E-state index contributed by atoms with van der Waals surface area (Å²) in [6.45, 7) is 5.03. The Bertz CT molecular complexity index is 418. The van der Waals surface area contributed by atoms with Crippen LogP contribution in [0.1, 0.15) is 18.9 Å². The Balaban J connectivity index is 2.03. The number of hydrogen-bond acceptors (Lipinski definition) is 3. The molecule has 98 valence electrons. The number of carbonyl (C=O) groups is 1. The number of aliphatic carboxylic acids is 1. The van der Waals surface area contributed by atoms with Crippen molar-refractivity contribution < 1.29 is 9.90 Å². The third-order valence-electron chi connectivity index (χ3n) is 3.48. The highest BCUT2D eigenvalue weighted by molar-refractivity contribution is 8.00. The molecule has 1 heterocycles. The quantitative estimate of drug-likeness (QED) is 0.878. The van der Waals surface area contributed by atoms with Gasteiger partial charge in [0, 0.05) is 22.7 Å². The third-order valence-corrected chi connectivity index (χ3v) is 4.84. The monoisotopic (exact) mass is 265 g/mol. The summed E-state index contributed by atoms with van der Waals surface area (Å²) in [5.41, 5.74) is 1.25. The van der Waals surface area contributed by atoms with Gasteiger partial charge in [-0.05, 0) is 31.9 Å². The zero-order valence-electron chi connectivity index (χ0n) is 10.7. The minimum absolute atomic E-state index is 0.203. The Labute approximate surface area is 112 Å². The first-order chi connectivity index (χ1) is 8.56. The molecule has 0 aliphatic carbocycles. The second-order valence-electron chi connectivity index (χ2n) is 4.93. The lowest BCUT2D eigenvalue weighted by Gasteiger charge is -2.19. The fourth-order valence-electron chi connectivity index (χ4n) is 2.36. The first-order valence-electron chi connectivity index (χ1n) is 6.25. The summed E-state index contributed by atoms with van der Waals surface area (Å²) in [5, 5.41) is 12.7.